The third-order valence-corrected chi connectivity index (χ3v) is 22.7. The SMILES string of the molecule is CC(=O)Nc1ccc2c(c1)CCCN2Cc1ccc(-c2ccn(C)n2)cc1.CC(=O)Nc1ccc2c(c1)CCCN2Cc1ccc(-c2ccn[nH]2)cc1.CC(=O)Nc1ccc2c(c1)CCN2Cc1ccc(-c2ccn[nH]2)cc1.CC(=O)Nc1ccc2c(ccn2Cc2ccc(-c3ccn[nH]3)cc2)c1.CC(=O)Nc1ccc2c(ccn2Cc2ccc(C(C)(C)C)cc2)c1. The average Bonchev–Trinajstić information content (AvgIpc) is 1.40. The van der Waals surface area contributed by atoms with Gasteiger partial charge in [0.2, 0.25) is 29.5 Å². The number of carbonyl (C=O) groups excluding carboxylic acids is 5. The Bertz CT molecular complexity index is 6440. The molecule has 23 nitrogen and oxygen atoms in total. The van der Waals surface area contributed by atoms with Gasteiger partial charge in [-0.25, -0.2) is 0 Å². The van der Waals surface area contributed by atoms with Crippen molar-refractivity contribution < 1.29 is 24.0 Å². The van der Waals surface area contributed by atoms with E-state index in [0.717, 1.165) is 174 Å². The van der Waals surface area contributed by atoms with Gasteiger partial charge in [0, 0.05) is 204 Å². The number of carbonyl (C=O) groups is 5. The second-order valence-electron chi connectivity index (χ2n) is 33.6. The van der Waals surface area contributed by atoms with Gasteiger partial charge in [0.25, 0.3) is 0 Å². The van der Waals surface area contributed by atoms with E-state index in [2.05, 4.69) is 295 Å². The molecule has 8 N–H and O–H groups in total. The minimum absolute atomic E-state index is 0.0318. The molecule has 16 aromatic rings. The third-order valence-electron chi connectivity index (χ3n) is 22.7. The van der Waals surface area contributed by atoms with Gasteiger partial charge < -0.3 is 50.4 Å². The molecule has 0 saturated heterocycles. The van der Waals surface area contributed by atoms with E-state index in [1.54, 1.807) is 32.4 Å². The predicted molar refractivity (Wildman–Crippen MR) is 512 cm³/mol. The maximum Gasteiger partial charge on any atom is 0.221 e. The Morgan fingerprint density at radius 1 is 0.339 bits per heavy atom. The number of fused-ring (bicyclic) bond motifs is 5. The number of benzene rings is 10. The van der Waals surface area contributed by atoms with Crippen LogP contribution in [-0.4, -0.2) is 98.7 Å². The molecule has 0 atom stereocenters. The first kappa shape index (κ1) is 86.8. The molecule has 0 bridgehead atoms. The van der Waals surface area contributed by atoms with E-state index in [9.17, 15) is 24.0 Å². The molecule has 9 heterocycles. The van der Waals surface area contributed by atoms with Crippen molar-refractivity contribution in [3.63, 3.8) is 0 Å². The molecule has 6 aromatic heterocycles. The molecule has 0 spiro atoms. The number of rotatable bonds is 19. The van der Waals surface area contributed by atoms with Crippen LogP contribution in [0.1, 0.15) is 118 Å². The standard InChI is InChI=1S/C22H24N4O.C21H22N4O.C21H24N2O.C20H20N4O.C20H18N4O/c1-16(27)23-20-9-10-22-19(14-20)4-3-12-26(22)15-17-5-7-18(8-6-17)21-11-13-25(2)24-21;1-15(26)23-19-8-9-21-18(13-19)3-2-12-25(21)14-16-4-6-17(7-5-16)20-10-11-22-24-20;1-15(24)22-19-9-10-20-17(13-19)11-12-23(20)14-16-5-7-18(8-6-16)21(2,3)4;2*1-14(25)22-18-6-7-20-17(12-18)9-11-24(20)13-15-2-4-16(5-3-15)19-8-10-21-23-19/h5-11,13-14H,3-4,12,15H2,1-2H3,(H,23,27);4-11,13H,2-3,12,14H2,1H3,(H,22,24)(H,23,26);5-13H,14H2,1-4H3,(H,22,24);2-8,10,12H,9,11,13H2,1H3,(H,21,23)(H,22,25);2-12H,13H2,1H3,(H,21,23)(H,22,25). The van der Waals surface area contributed by atoms with Crippen LogP contribution in [0.4, 0.5) is 45.5 Å². The van der Waals surface area contributed by atoms with Gasteiger partial charge in [-0.15, -0.1) is 0 Å². The number of nitrogens with one attached hydrogen (secondary N) is 8. The zero-order valence-corrected chi connectivity index (χ0v) is 73.3. The maximum atomic E-state index is 11.3. The molecule has 10 aromatic carbocycles. The van der Waals surface area contributed by atoms with Gasteiger partial charge in [0.05, 0.1) is 22.8 Å². The lowest BCUT2D eigenvalue weighted by atomic mass is 9.87. The van der Waals surface area contributed by atoms with Crippen molar-refractivity contribution in [2.45, 2.75) is 126 Å². The highest BCUT2D eigenvalue weighted by Crippen LogP contribution is 2.37. The maximum absolute atomic E-state index is 11.3. The molecule has 0 radical (unpaired) electrons. The van der Waals surface area contributed by atoms with E-state index in [4.69, 9.17) is 0 Å². The number of nitrogens with zero attached hydrogens (tertiary/aromatic N) is 10. The lowest BCUT2D eigenvalue weighted by molar-refractivity contribution is -0.115. The Morgan fingerprint density at radius 2 is 0.661 bits per heavy atom. The summed E-state index contributed by atoms with van der Waals surface area (Å²) < 4.78 is 6.26. The average molecular weight is 1690 g/mol. The van der Waals surface area contributed by atoms with Crippen molar-refractivity contribution in [1.82, 2.24) is 49.5 Å². The van der Waals surface area contributed by atoms with Gasteiger partial charge in [-0.2, -0.15) is 20.4 Å². The van der Waals surface area contributed by atoms with Crippen LogP contribution in [0, 0.1) is 0 Å². The second kappa shape index (κ2) is 40.0. The summed E-state index contributed by atoms with van der Waals surface area (Å²) in [5.74, 6) is -0.207. The zero-order valence-electron chi connectivity index (χ0n) is 73.3. The highest BCUT2D eigenvalue weighted by Gasteiger charge is 2.23. The van der Waals surface area contributed by atoms with E-state index in [1.807, 2.05) is 90.7 Å². The molecule has 5 amide bonds. The highest BCUT2D eigenvalue weighted by atomic mass is 16.2. The van der Waals surface area contributed by atoms with Gasteiger partial charge in [0.1, 0.15) is 0 Å². The number of H-pyrrole nitrogens is 3. The van der Waals surface area contributed by atoms with Crippen LogP contribution < -0.4 is 41.3 Å². The van der Waals surface area contributed by atoms with Gasteiger partial charge in [-0.05, 0) is 232 Å². The van der Waals surface area contributed by atoms with Gasteiger partial charge in [-0.1, -0.05) is 142 Å². The number of amides is 5. The first-order valence-corrected chi connectivity index (χ1v) is 43.1. The summed E-state index contributed by atoms with van der Waals surface area (Å²) in [6.07, 6.45) is 16.8. The minimum Gasteiger partial charge on any atom is -0.367 e. The van der Waals surface area contributed by atoms with Crippen LogP contribution in [0.3, 0.4) is 0 Å². The molecule has 0 saturated carbocycles. The molecule has 0 aliphatic carbocycles. The Kier molecular flexibility index (Phi) is 27.4. The normalized spacial score (nSPS) is 12.5. The van der Waals surface area contributed by atoms with Crippen molar-refractivity contribution in [2.24, 2.45) is 7.05 Å². The topological polar surface area (TPSA) is 269 Å². The quantitative estimate of drug-likeness (QED) is 0.0376. The number of anilines is 8. The number of aromatic amines is 3. The Labute approximate surface area is 740 Å². The van der Waals surface area contributed by atoms with Crippen LogP contribution in [0.15, 0.2) is 286 Å². The Balaban J connectivity index is 0.000000122. The Hall–Kier alpha value is -15.1. The number of hydrogen-bond donors (Lipinski definition) is 8. The van der Waals surface area contributed by atoms with Crippen LogP contribution >= 0.6 is 0 Å². The molecule has 0 unspecified atom stereocenters. The second-order valence-corrected chi connectivity index (χ2v) is 33.6. The summed E-state index contributed by atoms with van der Waals surface area (Å²) in [5, 5.41) is 41.9. The van der Waals surface area contributed by atoms with Crippen LogP contribution in [-0.2, 0) is 88.4 Å². The van der Waals surface area contributed by atoms with Gasteiger partial charge >= 0.3 is 0 Å². The summed E-state index contributed by atoms with van der Waals surface area (Å²) in [4.78, 5) is 63.4. The van der Waals surface area contributed by atoms with E-state index in [0.29, 0.717) is 0 Å². The smallest absolute Gasteiger partial charge is 0.221 e. The number of aromatic nitrogens is 10. The monoisotopic (exact) mass is 1690 g/mol. The summed E-state index contributed by atoms with van der Waals surface area (Å²) in [6, 6.07) is 85.8. The van der Waals surface area contributed by atoms with Crippen molar-refractivity contribution in [2.75, 3.05) is 60.9 Å². The van der Waals surface area contributed by atoms with Crippen LogP contribution in [0.25, 0.3) is 66.8 Å². The van der Waals surface area contributed by atoms with Crippen LogP contribution in [0.2, 0.25) is 0 Å². The Morgan fingerprint density at radius 3 is 0.992 bits per heavy atom. The summed E-state index contributed by atoms with van der Waals surface area (Å²) in [7, 11) is 1.93. The molecular weight excluding hydrogens is 1580 g/mol. The highest BCUT2D eigenvalue weighted by molar-refractivity contribution is 5.95. The zero-order chi connectivity index (χ0) is 88.5. The minimum atomic E-state index is -0.0591. The molecule has 0 fully saturated rings. The summed E-state index contributed by atoms with van der Waals surface area (Å²) in [6.45, 7) is 21.7. The third kappa shape index (κ3) is 23.0. The fraction of sp³-hybridized carbons (Fsp3) is 0.221. The molecule has 644 valence electrons. The fourth-order valence-corrected chi connectivity index (χ4v) is 16.5. The van der Waals surface area contributed by atoms with Crippen molar-refractivity contribution >= 4 is 96.8 Å². The fourth-order valence-electron chi connectivity index (χ4n) is 16.5. The molecule has 23 heteroatoms. The van der Waals surface area contributed by atoms with Crippen molar-refractivity contribution in [3.8, 4) is 45.0 Å². The lowest BCUT2D eigenvalue weighted by Gasteiger charge is -2.32. The molecule has 3 aliphatic heterocycles. The van der Waals surface area contributed by atoms with E-state index in [-0.39, 0.29) is 35.0 Å². The van der Waals surface area contributed by atoms with E-state index < -0.39 is 0 Å². The molecule has 19 rings (SSSR count). The first-order chi connectivity index (χ1) is 61.5. The molecular formula is C104H108N18O5. The van der Waals surface area contributed by atoms with E-state index >= 15 is 0 Å². The number of hydrogen-bond acceptors (Lipinski definition) is 12. The van der Waals surface area contributed by atoms with Gasteiger partial charge in [0.15, 0.2) is 0 Å². The van der Waals surface area contributed by atoms with Crippen molar-refractivity contribution in [1.29, 1.82) is 0 Å². The summed E-state index contributed by atoms with van der Waals surface area (Å²) in [5.41, 5.74) is 30.8. The van der Waals surface area contributed by atoms with Crippen LogP contribution in [0.5, 0.6) is 0 Å². The largest absolute Gasteiger partial charge is 0.367 e. The molecule has 127 heavy (non-hydrogen) atoms. The van der Waals surface area contributed by atoms with E-state index in [1.165, 1.54) is 93.4 Å². The van der Waals surface area contributed by atoms with Crippen molar-refractivity contribution in [3.05, 3.63) is 336 Å². The molecule has 3 aliphatic rings. The lowest BCUT2D eigenvalue weighted by Crippen LogP contribution is -2.28. The van der Waals surface area contributed by atoms with Gasteiger partial charge in [-0.3, -0.25) is 44.0 Å². The first-order valence-electron chi connectivity index (χ1n) is 43.1. The number of aryl methyl sites for hydroxylation is 3. The predicted octanol–water partition coefficient (Wildman–Crippen LogP) is 20.6. The summed E-state index contributed by atoms with van der Waals surface area (Å²) >= 11 is 0.